The highest BCUT2D eigenvalue weighted by molar-refractivity contribution is 5.98. The van der Waals surface area contributed by atoms with Gasteiger partial charge >= 0.3 is 0 Å². The monoisotopic (exact) mass is 239 g/mol. The van der Waals surface area contributed by atoms with Crippen molar-refractivity contribution in [3.63, 3.8) is 0 Å². The van der Waals surface area contributed by atoms with Crippen molar-refractivity contribution < 1.29 is 9.53 Å². The van der Waals surface area contributed by atoms with Crippen molar-refractivity contribution in [2.45, 2.75) is 39.8 Å². The summed E-state index contributed by atoms with van der Waals surface area (Å²) in [4.78, 5) is 12.1. The van der Waals surface area contributed by atoms with Gasteiger partial charge in [0.1, 0.15) is 5.69 Å². The van der Waals surface area contributed by atoms with Crippen LogP contribution in [0.5, 0.6) is 5.75 Å². The number of Topliss-reactive ketones (excluding diaryl/α,β-unsaturated/α-hetero) is 1. The summed E-state index contributed by atoms with van der Waals surface area (Å²) < 4.78 is 6.87. The number of ketones is 1. The van der Waals surface area contributed by atoms with E-state index in [9.17, 15) is 4.79 Å². The van der Waals surface area contributed by atoms with Crippen LogP contribution in [0.1, 0.15) is 44.2 Å². The van der Waals surface area contributed by atoms with Gasteiger partial charge in [-0.2, -0.15) is 5.10 Å². The average molecular weight is 239 g/mol. The molecule has 5 nitrogen and oxygen atoms in total. The predicted molar refractivity (Wildman–Crippen MR) is 66.6 cm³/mol. The Balaban J connectivity index is 2.93. The Morgan fingerprint density at radius 1 is 1.47 bits per heavy atom. The van der Waals surface area contributed by atoms with Crippen LogP contribution >= 0.6 is 0 Å². The van der Waals surface area contributed by atoms with Gasteiger partial charge in [-0.05, 0) is 13.8 Å². The summed E-state index contributed by atoms with van der Waals surface area (Å²) in [5.74, 6) is 0.538. The molecule has 5 heteroatoms. The summed E-state index contributed by atoms with van der Waals surface area (Å²) in [7, 11) is 1.55. The highest BCUT2D eigenvalue weighted by Crippen LogP contribution is 2.21. The molecule has 17 heavy (non-hydrogen) atoms. The second-order valence-corrected chi connectivity index (χ2v) is 4.56. The summed E-state index contributed by atoms with van der Waals surface area (Å²) in [5, 5.41) is 7.28. The Hall–Kier alpha value is -1.36. The molecule has 0 spiro atoms. The van der Waals surface area contributed by atoms with E-state index < -0.39 is 0 Å². The van der Waals surface area contributed by atoms with Crippen LogP contribution in [-0.4, -0.2) is 35.3 Å². The Kier molecular flexibility index (Phi) is 4.69. The molecule has 0 saturated heterocycles. The first-order valence-electron chi connectivity index (χ1n) is 5.85. The van der Waals surface area contributed by atoms with E-state index in [-0.39, 0.29) is 17.9 Å². The van der Waals surface area contributed by atoms with Crippen LogP contribution in [-0.2, 0) is 0 Å². The van der Waals surface area contributed by atoms with Crippen molar-refractivity contribution in [1.82, 2.24) is 15.1 Å². The summed E-state index contributed by atoms with van der Waals surface area (Å²) in [6.45, 7) is 8.28. The number of hydrogen-bond donors (Lipinski definition) is 1. The van der Waals surface area contributed by atoms with Crippen LogP contribution in [0.3, 0.4) is 0 Å². The number of aromatic nitrogens is 2. The maximum Gasteiger partial charge on any atom is 0.198 e. The van der Waals surface area contributed by atoms with Crippen molar-refractivity contribution in [2.75, 3.05) is 13.7 Å². The Morgan fingerprint density at radius 3 is 2.59 bits per heavy atom. The first-order valence-corrected chi connectivity index (χ1v) is 5.85. The number of hydrogen-bond acceptors (Lipinski definition) is 4. The highest BCUT2D eigenvalue weighted by atomic mass is 16.5. The Morgan fingerprint density at radius 2 is 2.12 bits per heavy atom. The Bertz CT molecular complexity index is 383. The first-order chi connectivity index (χ1) is 7.97. The molecule has 0 amide bonds. The summed E-state index contributed by atoms with van der Waals surface area (Å²) in [6, 6.07) is 0.414. The first kappa shape index (κ1) is 13.7. The minimum atomic E-state index is 0.00162. The van der Waals surface area contributed by atoms with Gasteiger partial charge in [-0.3, -0.25) is 9.48 Å². The lowest BCUT2D eigenvalue weighted by Crippen LogP contribution is -2.30. The molecular weight excluding hydrogens is 218 g/mol. The number of carbonyl (C=O) groups excluding carboxylic acids is 1. The molecular formula is C12H21N3O2. The van der Waals surface area contributed by atoms with E-state index in [1.54, 1.807) is 18.0 Å². The highest BCUT2D eigenvalue weighted by Gasteiger charge is 2.20. The minimum Gasteiger partial charge on any atom is -0.493 e. The second kappa shape index (κ2) is 5.82. The molecule has 96 valence electrons. The van der Waals surface area contributed by atoms with E-state index in [2.05, 4.69) is 10.4 Å². The standard InChI is InChI=1S/C12H21N3O2/c1-8(2)13-6-10(16)12-11(17-5)7-14-15(12)9(3)4/h7-9,13H,6H2,1-5H3. The van der Waals surface area contributed by atoms with Crippen molar-refractivity contribution in [1.29, 1.82) is 0 Å². The zero-order valence-corrected chi connectivity index (χ0v) is 11.2. The van der Waals surface area contributed by atoms with Crippen LogP contribution in [0.25, 0.3) is 0 Å². The smallest absolute Gasteiger partial charge is 0.198 e. The van der Waals surface area contributed by atoms with E-state index in [0.29, 0.717) is 18.0 Å². The molecule has 1 aromatic rings. The maximum absolute atomic E-state index is 12.1. The molecule has 0 aromatic carbocycles. The zero-order valence-electron chi connectivity index (χ0n) is 11.2. The second-order valence-electron chi connectivity index (χ2n) is 4.56. The summed E-state index contributed by atoms with van der Waals surface area (Å²) in [5.41, 5.74) is 0.538. The number of nitrogens with one attached hydrogen (secondary N) is 1. The van der Waals surface area contributed by atoms with E-state index in [1.807, 2.05) is 27.7 Å². The minimum absolute atomic E-state index is 0.00162. The molecule has 0 saturated carbocycles. The maximum atomic E-state index is 12.1. The zero-order chi connectivity index (χ0) is 13.0. The van der Waals surface area contributed by atoms with Gasteiger partial charge in [0.25, 0.3) is 0 Å². The van der Waals surface area contributed by atoms with E-state index in [0.717, 1.165) is 0 Å². The molecule has 1 heterocycles. The third kappa shape index (κ3) is 3.30. The van der Waals surface area contributed by atoms with Gasteiger partial charge in [0.05, 0.1) is 19.9 Å². The molecule has 0 aliphatic carbocycles. The lowest BCUT2D eigenvalue weighted by Gasteiger charge is -2.12. The van der Waals surface area contributed by atoms with Crippen molar-refractivity contribution in [2.24, 2.45) is 0 Å². The molecule has 0 atom stereocenters. The number of nitrogens with zero attached hydrogens (tertiary/aromatic N) is 2. The summed E-state index contributed by atoms with van der Waals surface area (Å²) in [6.07, 6.45) is 1.59. The predicted octanol–water partition coefficient (Wildman–Crippen LogP) is 1.65. The number of methoxy groups -OCH3 is 1. The van der Waals surface area contributed by atoms with E-state index in [4.69, 9.17) is 4.74 Å². The quantitative estimate of drug-likeness (QED) is 0.767. The van der Waals surface area contributed by atoms with Gasteiger partial charge in [-0.25, -0.2) is 0 Å². The molecule has 0 radical (unpaired) electrons. The van der Waals surface area contributed by atoms with Crippen LogP contribution in [0.2, 0.25) is 0 Å². The fourth-order valence-electron chi connectivity index (χ4n) is 1.53. The van der Waals surface area contributed by atoms with Crippen LogP contribution in [0.4, 0.5) is 0 Å². The van der Waals surface area contributed by atoms with Crippen LogP contribution in [0, 0.1) is 0 Å². The van der Waals surface area contributed by atoms with Gasteiger partial charge in [-0.1, -0.05) is 13.8 Å². The fraction of sp³-hybridized carbons (Fsp3) is 0.667. The Labute approximate surface area is 102 Å². The topological polar surface area (TPSA) is 56.2 Å². The molecule has 1 N–H and O–H groups in total. The molecule has 1 rings (SSSR count). The van der Waals surface area contributed by atoms with E-state index in [1.165, 1.54) is 0 Å². The van der Waals surface area contributed by atoms with Crippen molar-refractivity contribution in [3.8, 4) is 5.75 Å². The van der Waals surface area contributed by atoms with Crippen LogP contribution < -0.4 is 10.1 Å². The lowest BCUT2D eigenvalue weighted by molar-refractivity contribution is 0.0973. The molecule has 0 aliphatic heterocycles. The summed E-state index contributed by atoms with van der Waals surface area (Å²) >= 11 is 0. The molecule has 0 unspecified atom stereocenters. The molecule has 1 aromatic heterocycles. The third-order valence-electron chi connectivity index (χ3n) is 2.41. The lowest BCUT2D eigenvalue weighted by atomic mass is 10.2. The average Bonchev–Trinajstić information content (AvgIpc) is 2.69. The largest absolute Gasteiger partial charge is 0.493 e. The normalized spacial score (nSPS) is 11.2. The van der Waals surface area contributed by atoms with Gasteiger partial charge < -0.3 is 10.1 Å². The third-order valence-corrected chi connectivity index (χ3v) is 2.41. The van der Waals surface area contributed by atoms with Crippen molar-refractivity contribution >= 4 is 5.78 Å². The number of carbonyl (C=O) groups is 1. The number of ether oxygens (including phenoxy) is 1. The van der Waals surface area contributed by atoms with Crippen LogP contribution in [0.15, 0.2) is 6.20 Å². The molecule has 0 bridgehead atoms. The van der Waals surface area contributed by atoms with Gasteiger partial charge in [0.15, 0.2) is 11.5 Å². The van der Waals surface area contributed by atoms with E-state index >= 15 is 0 Å². The van der Waals surface area contributed by atoms with Gasteiger partial charge in [0, 0.05) is 12.1 Å². The fourth-order valence-corrected chi connectivity index (χ4v) is 1.53. The van der Waals surface area contributed by atoms with Gasteiger partial charge in [0.2, 0.25) is 0 Å². The van der Waals surface area contributed by atoms with Crippen molar-refractivity contribution in [3.05, 3.63) is 11.9 Å². The number of rotatable bonds is 6. The van der Waals surface area contributed by atoms with Gasteiger partial charge in [-0.15, -0.1) is 0 Å². The molecule has 0 fully saturated rings. The molecule has 0 aliphatic rings. The SMILES string of the molecule is COc1cnn(C(C)C)c1C(=O)CNC(C)C.